The number of aryl methyl sites for hydroxylation is 1. The van der Waals surface area contributed by atoms with Crippen molar-refractivity contribution in [1.82, 2.24) is 0 Å². The quantitative estimate of drug-likeness (QED) is 0.798. The normalized spacial score (nSPS) is 12.6. The van der Waals surface area contributed by atoms with Gasteiger partial charge in [0, 0.05) is 11.6 Å². The van der Waals surface area contributed by atoms with E-state index in [1.807, 2.05) is 19.1 Å². The molecule has 0 aliphatic rings. The Morgan fingerprint density at radius 2 is 2.14 bits per heavy atom. The molecule has 14 heavy (non-hydrogen) atoms. The van der Waals surface area contributed by atoms with Crippen molar-refractivity contribution in [1.29, 1.82) is 0 Å². The molecule has 0 saturated carbocycles. The summed E-state index contributed by atoms with van der Waals surface area (Å²) in [7, 11) is 0. The van der Waals surface area contributed by atoms with Gasteiger partial charge in [-0.2, -0.15) is 0 Å². The molecule has 1 aromatic carbocycles. The fraction of sp³-hybridized carbons (Fsp3) is 0.500. The van der Waals surface area contributed by atoms with Gasteiger partial charge in [0.2, 0.25) is 0 Å². The summed E-state index contributed by atoms with van der Waals surface area (Å²) in [4.78, 5) is 0. The van der Waals surface area contributed by atoms with Gasteiger partial charge in [0.1, 0.15) is 5.75 Å². The van der Waals surface area contributed by atoms with Gasteiger partial charge in [-0.25, -0.2) is 0 Å². The second-order valence-electron chi connectivity index (χ2n) is 3.68. The zero-order valence-corrected chi connectivity index (χ0v) is 9.21. The van der Waals surface area contributed by atoms with Crippen LogP contribution in [0.25, 0.3) is 0 Å². The smallest absolute Gasteiger partial charge is 0.124 e. The van der Waals surface area contributed by atoms with Crippen molar-refractivity contribution in [2.75, 3.05) is 6.61 Å². The number of hydrogen-bond acceptors (Lipinski definition) is 2. The van der Waals surface area contributed by atoms with Gasteiger partial charge >= 0.3 is 0 Å². The first-order valence-corrected chi connectivity index (χ1v) is 5.14. The maximum atomic E-state index is 5.86. The van der Waals surface area contributed by atoms with E-state index in [0.717, 1.165) is 24.3 Å². The van der Waals surface area contributed by atoms with Crippen molar-refractivity contribution in [2.24, 2.45) is 5.73 Å². The number of ether oxygens (including phenoxy) is 1. The third-order valence-corrected chi connectivity index (χ3v) is 2.12. The Morgan fingerprint density at radius 1 is 1.43 bits per heavy atom. The first-order chi connectivity index (χ1) is 6.65. The largest absolute Gasteiger partial charge is 0.493 e. The minimum Gasteiger partial charge on any atom is -0.493 e. The van der Waals surface area contributed by atoms with Crippen LogP contribution >= 0.6 is 0 Å². The lowest BCUT2D eigenvalue weighted by Gasteiger charge is -2.14. The van der Waals surface area contributed by atoms with Crippen molar-refractivity contribution < 1.29 is 4.74 Å². The molecule has 0 fully saturated rings. The van der Waals surface area contributed by atoms with E-state index in [1.54, 1.807) is 0 Å². The highest BCUT2D eigenvalue weighted by molar-refractivity contribution is 5.38. The molecule has 0 saturated heterocycles. The summed E-state index contributed by atoms with van der Waals surface area (Å²) in [5, 5.41) is 0. The van der Waals surface area contributed by atoms with Crippen LogP contribution in [-0.2, 0) is 0 Å². The fourth-order valence-electron chi connectivity index (χ4n) is 1.35. The highest BCUT2D eigenvalue weighted by atomic mass is 16.5. The minimum absolute atomic E-state index is 0.0301. The van der Waals surface area contributed by atoms with Crippen molar-refractivity contribution >= 4 is 0 Å². The van der Waals surface area contributed by atoms with Gasteiger partial charge < -0.3 is 10.5 Å². The molecule has 1 atom stereocenters. The Morgan fingerprint density at radius 3 is 2.71 bits per heavy atom. The molecule has 0 amide bonds. The monoisotopic (exact) mass is 193 g/mol. The highest BCUT2D eigenvalue weighted by Gasteiger charge is 2.07. The van der Waals surface area contributed by atoms with Gasteiger partial charge in [-0.1, -0.05) is 19.1 Å². The summed E-state index contributed by atoms with van der Waals surface area (Å²) in [6.07, 6.45) is 1.02. The molecular weight excluding hydrogens is 174 g/mol. The van der Waals surface area contributed by atoms with E-state index in [4.69, 9.17) is 10.5 Å². The minimum atomic E-state index is 0.0301. The summed E-state index contributed by atoms with van der Waals surface area (Å²) in [5.41, 5.74) is 8.15. The van der Waals surface area contributed by atoms with Crippen LogP contribution in [0.2, 0.25) is 0 Å². The molecule has 1 rings (SSSR count). The number of benzene rings is 1. The molecule has 0 radical (unpaired) electrons. The molecular formula is C12H19NO. The van der Waals surface area contributed by atoms with Crippen LogP contribution in [0.1, 0.15) is 37.4 Å². The number of hydrogen-bond donors (Lipinski definition) is 1. The van der Waals surface area contributed by atoms with Crippen LogP contribution < -0.4 is 10.5 Å². The summed E-state index contributed by atoms with van der Waals surface area (Å²) < 4.78 is 5.65. The average Bonchev–Trinajstić information content (AvgIpc) is 2.14. The first-order valence-electron chi connectivity index (χ1n) is 5.14. The molecule has 2 heteroatoms. The summed E-state index contributed by atoms with van der Waals surface area (Å²) in [6, 6.07) is 6.19. The van der Waals surface area contributed by atoms with Gasteiger partial charge in [-0.15, -0.1) is 0 Å². The Balaban J connectivity index is 2.91. The molecule has 0 aliphatic heterocycles. The standard InChI is InChI=1S/C12H19NO/c1-4-7-14-12-8-9(2)5-6-11(12)10(3)13/h5-6,8,10H,4,7,13H2,1-3H3. The first kappa shape index (κ1) is 11.1. The van der Waals surface area contributed by atoms with E-state index in [9.17, 15) is 0 Å². The van der Waals surface area contributed by atoms with Crippen LogP contribution in [0.3, 0.4) is 0 Å². The van der Waals surface area contributed by atoms with Crippen LogP contribution in [0, 0.1) is 6.92 Å². The highest BCUT2D eigenvalue weighted by Crippen LogP contribution is 2.25. The third-order valence-electron chi connectivity index (χ3n) is 2.12. The van der Waals surface area contributed by atoms with Gasteiger partial charge in [-0.05, 0) is 31.9 Å². The van der Waals surface area contributed by atoms with E-state index < -0.39 is 0 Å². The lowest BCUT2D eigenvalue weighted by Crippen LogP contribution is -2.08. The second-order valence-corrected chi connectivity index (χ2v) is 3.68. The molecule has 0 bridgehead atoms. The zero-order valence-electron chi connectivity index (χ0n) is 9.21. The number of rotatable bonds is 4. The Kier molecular flexibility index (Phi) is 3.96. The molecule has 1 unspecified atom stereocenters. The van der Waals surface area contributed by atoms with Crippen molar-refractivity contribution in [3.8, 4) is 5.75 Å². The molecule has 0 aliphatic carbocycles. The second kappa shape index (κ2) is 5.01. The van der Waals surface area contributed by atoms with E-state index >= 15 is 0 Å². The molecule has 0 heterocycles. The van der Waals surface area contributed by atoms with Gasteiger partial charge in [0.25, 0.3) is 0 Å². The Bertz CT molecular complexity index is 294. The van der Waals surface area contributed by atoms with E-state index in [2.05, 4.69) is 19.9 Å². The molecule has 78 valence electrons. The molecule has 1 aromatic rings. The topological polar surface area (TPSA) is 35.2 Å². The molecule has 0 aromatic heterocycles. The predicted molar refractivity (Wildman–Crippen MR) is 59.6 cm³/mol. The maximum Gasteiger partial charge on any atom is 0.124 e. The van der Waals surface area contributed by atoms with Crippen LogP contribution in [0.5, 0.6) is 5.75 Å². The van der Waals surface area contributed by atoms with Crippen LogP contribution in [0.15, 0.2) is 18.2 Å². The van der Waals surface area contributed by atoms with Crippen LogP contribution in [0.4, 0.5) is 0 Å². The lowest BCUT2D eigenvalue weighted by molar-refractivity contribution is 0.312. The van der Waals surface area contributed by atoms with E-state index in [0.29, 0.717) is 0 Å². The number of nitrogens with two attached hydrogens (primary N) is 1. The van der Waals surface area contributed by atoms with Gasteiger partial charge in [0.05, 0.1) is 6.61 Å². The zero-order chi connectivity index (χ0) is 10.6. The lowest BCUT2D eigenvalue weighted by atomic mass is 10.1. The van der Waals surface area contributed by atoms with Crippen LogP contribution in [-0.4, -0.2) is 6.61 Å². The summed E-state index contributed by atoms with van der Waals surface area (Å²) in [5.74, 6) is 0.932. The Labute approximate surface area is 86.1 Å². The molecule has 0 spiro atoms. The van der Waals surface area contributed by atoms with Gasteiger partial charge in [-0.3, -0.25) is 0 Å². The summed E-state index contributed by atoms with van der Waals surface area (Å²) >= 11 is 0. The molecule has 2 nitrogen and oxygen atoms in total. The SMILES string of the molecule is CCCOc1cc(C)ccc1C(C)N. The van der Waals surface area contributed by atoms with E-state index in [1.165, 1.54) is 5.56 Å². The van der Waals surface area contributed by atoms with Crippen molar-refractivity contribution in [3.63, 3.8) is 0 Å². The predicted octanol–water partition coefficient (Wildman–Crippen LogP) is 2.80. The maximum absolute atomic E-state index is 5.86. The molecule has 2 N–H and O–H groups in total. The fourth-order valence-corrected chi connectivity index (χ4v) is 1.35. The van der Waals surface area contributed by atoms with Crippen molar-refractivity contribution in [2.45, 2.75) is 33.2 Å². The van der Waals surface area contributed by atoms with E-state index in [-0.39, 0.29) is 6.04 Å². The third kappa shape index (κ3) is 2.74. The Hall–Kier alpha value is -1.02. The van der Waals surface area contributed by atoms with Crippen molar-refractivity contribution in [3.05, 3.63) is 29.3 Å². The average molecular weight is 193 g/mol. The summed E-state index contributed by atoms with van der Waals surface area (Å²) in [6.45, 7) is 6.89. The van der Waals surface area contributed by atoms with Gasteiger partial charge in [0.15, 0.2) is 0 Å².